The van der Waals surface area contributed by atoms with Crippen LogP contribution in [0.15, 0.2) is 34.6 Å². The molecule has 0 aliphatic heterocycles. The number of hydrogen-bond donors (Lipinski definition) is 2. The third-order valence-corrected chi connectivity index (χ3v) is 5.13. The number of rotatable bonds is 6. The second kappa shape index (κ2) is 8.31. The number of benzene rings is 1. The van der Waals surface area contributed by atoms with Gasteiger partial charge in [0, 0.05) is 25.5 Å². The highest BCUT2D eigenvalue weighted by molar-refractivity contribution is 7.09. The van der Waals surface area contributed by atoms with Gasteiger partial charge in [-0.05, 0) is 25.0 Å². The Morgan fingerprint density at radius 3 is 2.77 bits per heavy atom. The van der Waals surface area contributed by atoms with Crippen molar-refractivity contribution in [2.75, 3.05) is 13.6 Å². The number of aliphatic imine (C=N–C) groups is 1. The first-order valence-corrected chi connectivity index (χ1v) is 9.77. The minimum atomic E-state index is 0.464. The first-order valence-electron chi connectivity index (χ1n) is 8.89. The highest BCUT2D eigenvalue weighted by atomic mass is 32.1. The van der Waals surface area contributed by atoms with Gasteiger partial charge in [0.05, 0.1) is 23.3 Å². The summed E-state index contributed by atoms with van der Waals surface area (Å²) in [6.07, 6.45) is 0. The summed E-state index contributed by atoms with van der Waals surface area (Å²) in [4.78, 5) is 13.5. The Labute approximate surface area is 158 Å². The second-order valence-corrected chi connectivity index (χ2v) is 7.42. The van der Waals surface area contributed by atoms with Gasteiger partial charge in [0.15, 0.2) is 5.96 Å². The van der Waals surface area contributed by atoms with E-state index in [1.165, 1.54) is 5.52 Å². The van der Waals surface area contributed by atoms with Crippen LogP contribution in [-0.2, 0) is 13.1 Å². The van der Waals surface area contributed by atoms with Crippen molar-refractivity contribution < 1.29 is 0 Å². The maximum Gasteiger partial charge on any atom is 0.191 e. The topological polar surface area (TPSA) is 67.1 Å². The average molecular weight is 371 g/mol. The first-order chi connectivity index (χ1) is 12.6. The Bertz CT molecular complexity index is 892. The van der Waals surface area contributed by atoms with Crippen molar-refractivity contribution in [3.8, 4) is 0 Å². The van der Waals surface area contributed by atoms with Gasteiger partial charge in [-0.25, -0.2) is 9.97 Å². The molecular weight excluding hydrogens is 344 g/mol. The molecule has 0 spiro atoms. The molecule has 0 aliphatic rings. The van der Waals surface area contributed by atoms with Crippen LogP contribution < -0.4 is 10.6 Å². The van der Waals surface area contributed by atoms with Crippen LogP contribution >= 0.6 is 11.3 Å². The molecule has 0 fully saturated rings. The van der Waals surface area contributed by atoms with Gasteiger partial charge in [0.25, 0.3) is 0 Å². The van der Waals surface area contributed by atoms with Crippen molar-refractivity contribution in [1.82, 2.24) is 25.2 Å². The molecular formula is C19H26N6S. The number of nitrogens with one attached hydrogen (secondary N) is 2. The lowest BCUT2D eigenvalue weighted by Crippen LogP contribution is -2.38. The summed E-state index contributed by atoms with van der Waals surface area (Å²) in [5.74, 6) is 2.28. The maximum atomic E-state index is 4.64. The molecule has 0 amide bonds. The molecule has 26 heavy (non-hydrogen) atoms. The van der Waals surface area contributed by atoms with E-state index in [-0.39, 0.29) is 0 Å². The molecule has 0 unspecified atom stereocenters. The third-order valence-electron chi connectivity index (χ3n) is 4.26. The summed E-state index contributed by atoms with van der Waals surface area (Å²) >= 11 is 1.69. The highest BCUT2D eigenvalue weighted by Gasteiger charge is 2.08. The Morgan fingerprint density at radius 1 is 1.23 bits per heavy atom. The lowest BCUT2D eigenvalue weighted by atomic mass is 10.2. The van der Waals surface area contributed by atoms with Gasteiger partial charge in [-0.15, -0.1) is 11.3 Å². The lowest BCUT2D eigenvalue weighted by molar-refractivity contribution is 0.659. The Balaban J connectivity index is 1.53. The van der Waals surface area contributed by atoms with E-state index in [1.807, 2.05) is 25.1 Å². The number of aromatic nitrogens is 3. The van der Waals surface area contributed by atoms with Crippen LogP contribution in [0.3, 0.4) is 0 Å². The van der Waals surface area contributed by atoms with E-state index >= 15 is 0 Å². The van der Waals surface area contributed by atoms with Crippen molar-refractivity contribution in [3.63, 3.8) is 0 Å². The van der Waals surface area contributed by atoms with Gasteiger partial charge >= 0.3 is 0 Å². The predicted molar refractivity (Wildman–Crippen MR) is 109 cm³/mol. The molecule has 2 heterocycles. The number of imidazole rings is 1. The average Bonchev–Trinajstić information content (AvgIpc) is 3.22. The van der Waals surface area contributed by atoms with Gasteiger partial charge in [0.1, 0.15) is 10.8 Å². The zero-order valence-electron chi connectivity index (χ0n) is 15.8. The molecule has 0 bridgehead atoms. The van der Waals surface area contributed by atoms with E-state index in [4.69, 9.17) is 0 Å². The minimum absolute atomic E-state index is 0.464. The summed E-state index contributed by atoms with van der Waals surface area (Å²) in [6.45, 7) is 8.66. The monoisotopic (exact) mass is 370 g/mol. The summed E-state index contributed by atoms with van der Waals surface area (Å²) in [5, 5.41) is 9.91. The van der Waals surface area contributed by atoms with Gasteiger partial charge < -0.3 is 15.2 Å². The molecule has 0 radical (unpaired) electrons. The van der Waals surface area contributed by atoms with Crippen LogP contribution in [0.5, 0.6) is 0 Å². The minimum Gasteiger partial charge on any atom is -0.355 e. The predicted octanol–water partition coefficient (Wildman–Crippen LogP) is 3.29. The fourth-order valence-electron chi connectivity index (χ4n) is 2.82. The van der Waals surface area contributed by atoms with E-state index < -0.39 is 0 Å². The highest BCUT2D eigenvalue weighted by Crippen LogP contribution is 2.17. The lowest BCUT2D eigenvalue weighted by Gasteiger charge is -2.12. The summed E-state index contributed by atoms with van der Waals surface area (Å²) in [6, 6.07) is 8.23. The second-order valence-electron chi connectivity index (χ2n) is 6.47. The molecule has 0 saturated heterocycles. The molecule has 6 nitrogen and oxygen atoms in total. The summed E-state index contributed by atoms with van der Waals surface area (Å²) < 4.78 is 2.23. The third kappa shape index (κ3) is 4.22. The number of para-hydroxylation sites is 2. The molecule has 0 atom stereocenters. The molecule has 2 N–H and O–H groups in total. The van der Waals surface area contributed by atoms with Crippen LogP contribution in [-0.4, -0.2) is 34.1 Å². The van der Waals surface area contributed by atoms with Crippen LogP contribution in [0.4, 0.5) is 0 Å². The van der Waals surface area contributed by atoms with Crippen molar-refractivity contribution in [2.45, 2.75) is 39.8 Å². The first kappa shape index (κ1) is 18.4. The molecule has 7 heteroatoms. The Kier molecular flexibility index (Phi) is 5.88. The van der Waals surface area contributed by atoms with Gasteiger partial charge in [-0.2, -0.15) is 0 Å². The Morgan fingerprint density at radius 2 is 2.04 bits per heavy atom. The zero-order valence-corrected chi connectivity index (χ0v) is 16.6. The molecule has 3 rings (SSSR count). The fraction of sp³-hybridized carbons (Fsp3) is 0.421. The maximum absolute atomic E-state index is 4.64. The summed E-state index contributed by atoms with van der Waals surface area (Å²) in [7, 11) is 1.79. The molecule has 0 saturated carbocycles. The SMILES string of the molecule is CN=C(NCCn1c(C)nc2ccccc21)NCc1nc(C(C)C)cs1. The number of aryl methyl sites for hydroxylation is 1. The number of thiazole rings is 1. The quantitative estimate of drug-likeness (QED) is 0.516. The van der Waals surface area contributed by atoms with E-state index in [2.05, 4.69) is 55.5 Å². The molecule has 0 aliphatic carbocycles. The van der Waals surface area contributed by atoms with Gasteiger partial charge in [-0.3, -0.25) is 4.99 Å². The number of fused-ring (bicyclic) bond motifs is 1. The number of guanidine groups is 1. The van der Waals surface area contributed by atoms with Crippen molar-refractivity contribution in [3.05, 3.63) is 46.2 Å². The van der Waals surface area contributed by atoms with Crippen LogP contribution in [0.1, 0.15) is 36.3 Å². The Hall–Kier alpha value is -2.41. The fourth-order valence-corrected chi connectivity index (χ4v) is 3.71. The summed E-state index contributed by atoms with van der Waals surface area (Å²) in [5.41, 5.74) is 3.35. The van der Waals surface area contributed by atoms with Gasteiger partial charge in [0.2, 0.25) is 0 Å². The van der Waals surface area contributed by atoms with Crippen LogP contribution in [0, 0.1) is 6.92 Å². The standard InChI is InChI=1S/C19H26N6S/c1-13(2)16-12-26-18(24-16)11-22-19(20-4)21-9-10-25-14(3)23-15-7-5-6-8-17(15)25/h5-8,12-13H,9-11H2,1-4H3,(H2,20,21,22). The molecule has 138 valence electrons. The van der Waals surface area contributed by atoms with Gasteiger partial charge in [-0.1, -0.05) is 26.0 Å². The number of hydrogen-bond acceptors (Lipinski definition) is 4. The van der Waals surface area contributed by atoms with E-state index in [0.29, 0.717) is 12.5 Å². The van der Waals surface area contributed by atoms with E-state index in [9.17, 15) is 0 Å². The molecule has 2 aromatic heterocycles. The van der Waals surface area contributed by atoms with Crippen LogP contribution in [0.2, 0.25) is 0 Å². The normalized spacial score (nSPS) is 12.1. The van der Waals surface area contributed by atoms with E-state index in [0.717, 1.165) is 41.1 Å². The molecule has 3 aromatic rings. The van der Waals surface area contributed by atoms with Crippen molar-refractivity contribution in [1.29, 1.82) is 0 Å². The van der Waals surface area contributed by atoms with E-state index in [1.54, 1.807) is 18.4 Å². The van der Waals surface area contributed by atoms with Crippen LogP contribution in [0.25, 0.3) is 11.0 Å². The molecule has 1 aromatic carbocycles. The smallest absolute Gasteiger partial charge is 0.191 e. The van der Waals surface area contributed by atoms with Crippen molar-refractivity contribution in [2.24, 2.45) is 4.99 Å². The number of nitrogens with zero attached hydrogens (tertiary/aromatic N) is 4. The largest absolute Gasteiger partial charge is 0.355 e. The zero-order chi connectivity index (χ0) is 18.5. The van der Waals surface area contributed by atoms with Crippen molar-refractivity contribution >= 4 is 28.3 Å².